The number of piperidine rings is 1. The second-order valence-electron chi connectivity index (χ2n) is 5.91. The van der Waals surface area contributed by atoms with Gasteiger partial charge in [-0.05, 0) is 31.7 Å². The first kappa shape index (κ1) is 16.9. The molecule has 0 aromatic carbocycles. The monoisotopic (exact) mass is 292 g/mol. The van der Waals surface area contributed by atoms with E-state index in [0.717, 1.165) is 32.5 Å². The van der Waals surface area contributed by atoms with E-state index in [0.29, 0.717) is 24.9 Å². The van der Waals surface area contributed by atoms with Gasteiger partial charge in [0.05, 0.1) is 6.26 Å². The molecule has 2 atom stereocenters. The molecule has 0 bridgehead atoms. The third-order valence-electron chi connectivity index (χ3n) is 3.60. The van der Waals surface area contributed by atoms with Gasteiger partial charge in [-0.25, -0.2) is 12.7 Å². The van der Waals surface area contributed by atoms with Crippen LogP contribution in [-0.4, -0.2) is 70.8 Å². The van der Waals surface area contributed by atoms with Crippen molar-refractivity contribution in [2.24, 2.45) is 11.8 Å². The van der Waals surface area contributed by atoms with E-state index in [1.54, 1.807) is 11.4 Å². The Hall–Kier alpha value is -0.170. The van der Waals surface area contributed by atoms with Crippen molar-refractivity contribution in [1.82, 2.24) is 9.21 Å². The summed E-state index contributed by atoms with van der Waals surface area (Å²) in [6.07, 6.45) is 3.40. The molecule has 19 heavy (non-hydrogen) atoms. The van der Waals surface area contributed by atoms with Gasteiger partial charge in [-0.15, -0.1) is 0 Å². The van der Waals surface area contributed by atoms with Gasteiger partial charge in [0.25, 0.3) is 0 Å². The summed E-state index contributed by atoms with van der Waals surface area (Å²) >= 11 is 0. The number of hydrogen-bond acceptors (Lipinski definition) is 4. The summed E-state index contributed by atoms with van der Waals surface area (Å²) in [4.78, 5) is 2.29. The quantitative estimate of drug-likeness (QED) is 0.699. The van der Waals surface area contributed by atoms with Crippen LogP contribution in [0.3, 0.4) is 0 Å². The molecule has 0 amide bonds. The van der Waals surface area contributed by atoms with Crippen LogP contribution < -0.4 is 0 Å². The molecule has 0 N–H and O–H groups in total. The van der Waals surface area contributed by atoms with Gasteiger partial charge in [0.2, 0.25) is 10.0 Å². The van der Waals surface area contributed by atoms with E-state index in [9.17, 15) is 8.42 Å². The molecule has 0 radical (unpaired) electrons. The van der Waals surface area contributed by atoms with Crippen LogP contribution in [0.4, 0.5) is 0 Å². The van der Waals surface area contributed by atoms with E-state index in [1.807, 2.05) is 0 Å². The van der Waals surface area contributed by atoms with Gasteiger partial charge in [-0.1, -0.05) is 6.92 Å². The van der Waals surface area contributed by atoms with Gasteiger partial charge in [-0.3, -0.25) is 0 Å². The van der Waals surface area contributed by atoms with Crippen molar-refractivity contribution in [2.45, 2.75) is 19.8 Å². The summed E-state index contributed by atoms with van der Waals surface area (Å²) < 4.78 is 29.9. The largest absolute Gasteiger partial charge is 0.384 e. The Morgan fingerprint density at radius 1 is 1.47 bits per heavy atom. The molecule has 0 aromatic rings. The Kier molecular flexibility index (Phi) is 6.73. The second kappa shape index (κ2) is 7.57. The molecular weight excluding hydrogens is 264 g/mol. The molecule has 0 aliphatic carbocycles. The predicted molar refractivity (Wildman–Crippen MR) is 77.7 cm³/mol. The zero-order valence-electron chi connectivity index (χ0n) is 12.6. The van der Waals surface area contributed by atoms with E-state index < -0.39 is 10.0 Å². The Morgan fingerprint density at radius 2 is 2.16 bits per heavy atom. The third kappa shape index (κ3) is 6.21. The highest BCUT2D eigenvalue weighted by Gasteiger charge is 2.26. The smallest absolute Gasteiger partial charge is 0.211 e. The maximum absolute atomic E-state index is 11.6. The molecule has 6 heteroatoms. The molecule has 1 fully saturated rings. The zero-order chi connectivity index (χ0) is 14.5. The minimum atomic E-state index is -3.03. The van der Waals surface area contributed by atoms with Crippen LogP contribution in [0.15, 0.2) is 0 Å². The molecule has 0 spiro atoms. The standard InChI is InChI=1S/C13H28N2O3S/c1-12(11-18-3)8-14(2)9-13-6-5-7-15(10-13)19(4,16)17/h12-13H,5-11H2,1-4H3/t12-,13+/m0/s1. The second-order valence-corrected chi connectivity index (χ2v) is 7.89. The van der Waals surface area contributed by atoms with Crippen LogP contribution in [0.25, 0.3) is 0 Å². The summed E-state index contributed by atoms with van der Waals surface area (Å²) in [5, 5.41) is 0. The van der Waals surface area contributed by atoms with E-state index >= 15 is 0 Å². The number of nitrogens with zero attached hydrogens (tertiary/aromatic N) is 2. The topological polar surface area (TPSA) is 49.9 Å². The number of ether oxygens (including phenoxy) is 1. The highest BCUT2D eigenvalue weighted by Crippen LogP contribution is 2.19. The lowest BCUT2D eigenvalue weighted by Gasteiger charge is -2.33. The molecule has 1 aliphatic rings. The fourth-order valence-corrected chi connectivity index (χ4v) is 3.80. The van der Waals surface area contributed by atoms with Crippen LogP contribution >= 0.6 is 0 Å². The van der Waals surface area contributed by atoms with Gasteiger partial charge >= 0.3 is 0 Å². The Balaban J connectivity index is 2.40. The summed E-state index contributed by atoms with van der Waals surface area (Å²) in [7, 11) is 0.795. The lowest BCUT2D eigenvalue weighted by atomic mass is 9.99. The normalized spacial score (nSPS) is 23.7. The minimum Gasteiger partial charge on any atom is -0.384 e. The lowest BCUT2D eigenvalue weighted by molar-refractivity contribution is 0.125. The average Bonchev–Trinajstić information content (AvgIpc) is 2.28. The Morgan fingerprint density at radius 3 is 2.74 bits per heavy atom. The van der Waals surface area contributed by atoms with Crippen LogP contribution in [0, 0.1) is 11.8 Å². The highest BCUT2D eigenvalue weighted by molar-refractivity contribution is 7.88. The highest BCUT2D eigenvalue weighted by atomic mass is 32.2. The number of sulfonamides is 1. The maximum atomic E-state index is 11.6. The third-order valence-corrected chi connectivity index (χ3v) is 4.86. The van der Waals surface area contributed by atoms with Crippen molar-refractivity contribution in [3.63, 3.8) is 0 Å². The van der Waals surface area contributed by atoms with Crippen molar-refractivity contribution in [1.29, 1.82) is 0 Å². The first-order valence-electron chi connectivity index (χ1n) is 6.95. The molecule has 1 heterocycles. The van der Waals surface area contributed by atoms with Gasteiger partial charge in [0.1, 0.15) is 0 Å². The van der Waals surface area contributed by atoms with E-state index in [2.05, 4.69) is 18.9 Å². The molecule has 0 aromatic heterocycles. The van der Waals surface area contributed by atoms with Crippen LogP contribution in [0.2, 0.25) is 0 Å². The van der Waals surface area contributed by atoms with Gasteiger partial charge < -0.3 is 9.64 Å². The first-order chi connectivity index (χ1) is 8.82. The first-order valence-corrected chi connectivity index (χ1v) is 8.80. The molecule has 1 rings (SSSR count). The molecule has 0 saturated carbocycles. The number of methoxy groups -OCH3 is 1. The zero-order valence-corrected chi connectivity index (χ0v) is 13.4. The van der Waals surface area contributed by atoms with E-state index in [4.69, 9.17) is 4.74 Å². The maximum Gasteiger partial charge on any atom is 0.211 e. The molecule has 1 saturated heterocycles. The van der Waals surface area contributed by atoms with Crippen LogP contribution in [-0.2, 0) is 14.8 Å². The number of rotatable bonds is 7. The summed E-state index contributed by atoms with van der Waals surface area (Å²) in [5.41, 5.74) is 0. The van der Waals surface area contributed by atoms with Crippen LogP contribution in [0.5, 0.6) is 0 Å². The van der Waals surface area contributed by atoms with Gasteiger partial charge in [-0.2, -0.15) is 0 Å². The fraction of sp³-hybridized carbons (Fsp3) is 1.00. The molecule has 114 valence electrons. The Labute approximate surface area is 118 Å². The molecule has 5 nitrogen and oxygen atoms in total. The fourth-order valence-electron chi connectivity index (χ4n) is 2.86. The van der Waals surface area contributed by atoms with Crippen LogP contribution in [0.1, 0.15) is 19.8 Å². The summed E-state index contributed by atoms with van der Waals surface area (Å²) in [6.45, 7) is 6.23. The van der Waals surface area contributed by atoms with Gasteiger partial charge in [0.15, 0.2) is 0 Å². The van der Waals surface area contributed by atoms with Crippen molar-refractivity contribution in [3.8, 4) is 0 Å². The van der Waals surface area contributed by atoms with Gasteiger partial charge in [0, 0.05) is 39.9 Å². The van der Waals surface area contributed by atoms with E-state index in [-0.39, 0.29) is 0 Å². The van der Waals surface area contributed by atoms with Crippen molar-refractivity contribution >= 4 is 10.0 Å². The number of hydrogen-bond donors (Lipinski definition) is 0. The predicted octanol–water partition coefficient (Wildman–Crippen LogP) is 0.872. The average molecular weight is 292 g/mol. The minimum absolute atomic E-state index is 0.447. The SMILES string of the molecule is COC[C@@H](C)CN(C)C[C@H]1CCCN(S(C)(=O)=O)C1. The Bertz CT molecular complexity index is 359. The molecular formula is C13H28N2O3S. The summed E-state index contributed by atoms with van der Waals surface area (Å²) in [5.74, 6) is 0.952. The lowest BCUT2D eigenvalue weighted by Crippen LogP contribution is -2.43. The van der Waals surface area contributed by atoms with Crippen molar-refractivity contribution < 1.29 is 13.2 Å². The van der Waals surface area contributed by atoms with E-state index in [1.165, 1.54) is 6.26 Å². The molecule has 0 unspecified atom stereocenters. The van der Waals surface area contributed by atoms with Crippen molar-refractivity contribution in [3.05, 3.63) is 0 Å². The van der Waals surface area contributed by atoms with Crippen molar-refractivity contribution in [2.75, 3.05) is 53.2 Å². The molecule has 1 aliphatic heterocycles. The summed E-state index contributed by atoms with van der Waals surface area (Å²) in [6, 6.07) is 0.